The fraction of sp³-hybridized carbons (Fsp3) is 0.438. The summed E-state index contributed by atoms with van der Waals surface area (Å²) in [4.78, 5) is 34.5. The number of carbonyl (C=O) groups excluding carboxylic acids is 2. The van der Waals surface area contributed by atoms with Crippen LogP contribution in [0.2, 0.25) is 0 Å². The Bertz CT molecular complexity index is 624. The molecule has 4 N–H and O–H groups in total. The van der Waals surface area contributed by atoms with Crippen LogP contribution in [0.3, 0.4) is 0 Å². The Morgan fingerprint density at radius 3 is 2.30 bits per heavy atom. The molecule has 2 amide bonds. The molecule has 3 atom stereocenters. The van der Waals surface area contributed by atoms with E-state index in [9.17, 15) is 19.5 Å². The summed E-state index contributed by atoms with van der Waals surface area (Å²) >= 11 is 0. The van der Waals surface area contributed by atoms with Crippen molar-refractivity contribution < 1.29 is 24.6 Å². The quantitative estimate of drug-likeness (QED) is 0.620. The van der Waals surface area contributed by atoms with Crippen LogP contribution in [0.5, 0.6) is 0 Å². The van der Waals surface area contributed by atoms with Gasteiger partial charge in [0.05, 0.1) is 6.54 Å². The average Bonchev–Trinajstić information content (AvgIpc) is 3.22. The van der Waals surface area contributed by atoms with Crippen LogP contribution in [0.4, 0.5) is 5.69 Å². The van der Waals surface area contributed by atoms with Gasteiger partial charge in [0.1, 0.15) is 0 Å². The molecule has 0 bridgehead atoms. The molecule has 3 unspecified atom stereocenters. The molecule has 0 saturated heterocycles. The van der Waals surface area contributed by atoms with Gasteiger partial charge in [0.15, 0.2) is 5.60 Å². The smallest absolute Gasteiger partial charge is 0.337 e. The molecule has 7 nitrogen and oxygen atoms in total. The summed E-state index contributed by atoms with van der Waals surface area (Å²) in [5.74, 6) is -1.45. The maximum atomic E-state index is 11.9. The molecule has 1 aromatic carbocycles. The minimum Gasteiger partial charge on any atom is -0.479 e. The molecular weight excluding hydrogens is 300 g/mol. The van der Waals surface area contributed by atoms with E-state index in [0.29, 0.717) is 17.2 Å². The zero-order valence-electron chi connectivity index (χ0n) is 13.0. The number of anilines is 1. The van der Waals surface area contributed by atoms with Crippen LogP contribution < -0.4 is 10.6 Å². The highest BCUT2D eigenvalue weighted by atomic mass is 16.4. The zero-order valence-corrected chi connectivity index (χ0v) is 13.0. The van der Waals surface area contributed by atoms with Gasteiger partial charge in [0.25, 0.3) is 5.91 Å². The summed E-state index contributed by atoms with van der Waals surface area (Å²) in [6, 6.07) is 6.26. The average molecular weight is 320 g/mol. The van der Waals surface area contributed by atoms with Crippen molar-refractivity contribution in [2.45, 2.75) is 25.9 Å². The number of rotatable bonds is 6. The fourth-order valence-corrected chi connectivity index (χ4v) is 2.06. The Hall–Kier alpha value is -2.41. The molecule has 1 saturated carbocycles. The molecule has 23 heavy (non-hydrogen) atoms. The van der Waals surface area contributed by atoms with Crippen molar-refractivity contribution in [2.24, 2.45) is 11.8 Å². The molecule has 1 fully saturated rings. The molecule has 0 radical (unpaired) electrons. The van der Waals surface area contributed by atoms with Gasteiger partial charge in [-0.05, 0) is 43.5 Å². The van der Waals surface area contributed by atoms with Crippen LogP contribution in [-0.4, -0.2) is 40.1 Å². The third-order valence-electron chi connectivity index (χ3n) is 3.91. The van der Waals surface area contributed by atoms with E-state index in [1.807, 2.05) is 6.92 Å². The summed E-state index contributed by atoms with van der Waals surface area (Å²) in [7, 11) is 0. The molecule has 0 heterocycles. The number of aliphatic hydroxyl groups is 1. The number of hydrogen-bond donors (Lipinski definition) is 4. The van der Waals surface area contributed by atoms with Crippen molar-refractivity contribution in [3.8, 4) is 0 Å². The summed E-state index contributed by atoms with van der Waals surface area (Å²) in [6.07, 6.45) is 0.899. The second kappa shape index (κ2) is 6.37. The first-order valence-electron chi connectivity index (χ1n) is 7.35. The van der Waals surface area contributed by atoms with Crippen molar-refractivity contribution >= 4 is 23.5 Å². The number of amides is 2. The molecule has 1 aromatic rings. The van der Waals surface area contributed by atoms with Crippen LogP contribution in [-0.2, 0) is 9.59 Å². The summed E-state index contributed by atoms with van der Waals surface area (Å²) in [6.45, 7) is 2.72. The van der Waals surface area contributed by atoms with E-state index in [4.69, 9.17) is 5.11 Å². The SMILES string of the molecule is CC1CC1C(=O)Nc1ccc(C(=O)NCC(C)(O)C(=O)O)cc1. The number of aliphatic carboxylic acids is 1. The summed E-state index contributed by atoms with van der Waals surface area (Å²) in [5.41, 5.74) is -1.11. The highest BCUT2D eigenvalue weighted by molar-refractivity contribution is 5.97. The van der Waals surface area contributed by atoms with Crippen molar-refractivity contribution in [1.29, 1.82) is 0 Å². The number of carbonyl (C=O) groups is 3. The number of carboxylic acids is 1. The first-order valence-corrected chi connectivity index (χ1v) is 7.35. The van der Waals surface area contributed by atoms with Gasteiger partial charge in [0.2, 0.25) is 5.91 Å². The maximum absolute atomic E-state index is 11.9. The van der Waals surface area contributed by atoms with Crippen LogP contribution in [0.25, 0.3) is 0 Å². The van der Waals surface area contributed by atoms with Gasteiger partial charge in [-0.2, -0.15) is 0 Å². The molecule has 0 aromatic heterocycles. The van der Waals surface area contributed by atoms with Crippen molar-refractivity contribution in [3.63, 3.8) is 0 Å². The highest BCUT2D eigenvalue weighted by Gasteiger charge is 2.39. The standard InChI is InChI=1S/C16H20N2O5/c1-9-7-12(9)14(20)18-11-5-3-10(4-6-11)13(19)17-8-16(2,23)15(21)22/h3-6,9,12,23H,7-8H2,1-2H3,(H,17,19)(H,18,20)(H,21,22). The number of carboxylic acid groups (broad SMARTS) is 1. The summed E-state index contributed by atoms with van der Waals surface area (Å²) < 4.78 is 0. The van der Waals surface area contributed by atoms with Gasteiger partial charge >= 0.3 is 5.97 Å². The van der Waals surface area contributed by atoms with E-state index in [0.717, 1.165) is 13.3 Å². The van der Waals surface area contributed by atoms with Crippen molar-refractivity contribution in [2.75, 3.05) is 11.9 Å². The largest absolute Gasteiger partial charge is 0.479 e. The van der Waals surface area contributed by atoms with E-state index < -0.39 is 24.0 Å². The minimum absolute atomic E-state index is 0.0211. The normalized spacial score (nSPS) is 21.9. The molecule has 2 rings (SSSR count). The Balaban J connectivity index is 1.90. The summed E-state index contributed by atoms with van der Waals surface area (Å²) in [5, 5.41) is 23.5. The van der Waals surface area contributed by atoms with Crippen LogP contribution >= 0.6 is 0 Å². The molecular formula is C16H20N2O5. The van der Waals surface area contributed by atoms with Gasteiger partial charge in [-0.15, -0.1) is 0 Å². The number of hydrogen-bond acceptors (Lipinski definition) is 4. The van der Waals surface area contributed by atoms with Crippen molar-refractivity contribution in [3.05, 3.63) is 29.8 Å². The highest BCUT2D eigenvalue weighted by Crippen LogP contribution is 2.38. The van der Waals surface area contributed by atoms with E-state index in [1.165, 1.54) is 12.1 Å². The number of benzene rings is 1. The Labute approximate surface area is 133 Å². The lowest BCUT2D eigenvalue weighted by molar-refractivity contribution is -0.155. The molecule has 1 aliphatic carbocycles. The van der Waals surface area contributed by atoms with Gasteiger partial charge in [-0.3, -0.25) is 9.59 Å². The lowest BCUT2D eigenvalue weighted by Gasteiger charge is -2.18. The lowest BCUT2D eigenvalue weighted by Crippen LogP contribution is -2.46. The molecule has 1 aliphatic rings. The van der Waals surface area contributed by atoms with Gasteiger partial charge in [0, 0.05) is 17.2 Å². The van der Waals surface area contributed by atoms with Crippen LogP contribution in [0.1, 0.15) is 30.6 Å². The maximum Gasteiger partial charge on any atom is 0.337 e. The number of nitrogens with one attached hydrogen (secondary N) is 2. The van der Waals surface area contributed by atoms with Crippen molar-refractivity contribution in [1.82, 2.24) is 5.32 Å². The Morgan fingerprint density at radius 2 is 1.83 bits per heavy atom. The predicted molar refractivity (Wildman–Crippen MR) is 82.9 cm³/mol. The topological polar surface area (TPSA) is 116 Å². The lowest BCUT2D eigenvalue weighted by atomic mass is 10.1. The third-order valence-corrected chi connectivity index (χ3v) is 3.91. The fourth-order valence-electron chi connectivity index (χ4n) is 2.06. The van der Waals surface area contributed by atoms with Crippen LogP contribution in [0.15, 0.2) is 24.3 Å². The molecule has 0 spiro atoms. The van der Waals surface area contributed by atoms with Gasteiger partial charge < -0.3 is 20.8 Å². The van der Waals surface area contributed by atoms with E-state index in [1.54, 1.807) is 12.1 Å². The molecule has 7 heteroatoms. The first-order chi connectivity index (χ1) is 10.7. The Morgan fingerprint density at radius 1 is 1.26 bits per heavy atom. The van der Waals surface area contributed by atoms with Crippen LogP contribution in [0, 0.1) is 11.8 Å². The third kappa shape index (κ3) is 4.29. The molecule has 0 aliphatic heterocycles. The van der Waals surface area contributed by atoms with E-state index in [2.05, 4.69) is 10.6 Å². The minimum atomic E-state index is -2.02. The van der Waals surface area contributed by atoms with E-state index in [-0.39, 0.29) is 11.8 Å². The van der Waals surface area contributed by atoms with E-state index >= 15 is 0 Å². The van der Waals surface area contributed by atoms with Gasteiger partial charge in [-0.25, -0.2) is 4.79 Å². The monoisotopic (exact) mass is 320 g/mol. The zero-order chi connectivity index (χ0) is 17.2. The Kier molecular flexibility index (Phi) is 4.70. The second-order valence-electron chi connectivity index (χ2n) is 6.15. The first kappa shape index (κ1) is 17.0. The second-order valence-corrected chi connectivity index (χ2v) is 6.15. The van der Waals surface area contributed by atoms with Gasteiger partial charge in [-0.1, -0.05) is 6.92 Å². The molecule has 124 valence electrons. The predicted octanol–water partition coefficient (Wildman–Crippen LogP) is 0.846.